The number of hydrogen-bond donors (Lipinski definition) is 0. The normalized spacial score (nSPS) is 52.3. The van der Waals surface area contributed by atoms with Crippen LogP contribution >= 0.6 is 0 Å². The van der Waals surface area contributed by atoms with Gasteiger partial charge in [-0.25, -0.2) is 4.79 Å². The highest BCUT2D eigenvalue weighted by Gasteiger charge is 2.57. The second-order valence-electron chi connectivity index (χ2n) is 6.40. The minimum absolute atomic E-state index is 0.512. The predicted molar refractivity (Wildman–Crippen MR) is 60.1 cm³/mol. The lowest BCUT2D eigenvalue weighted by Crippen LogP contribution is -2.31. The van der Waals surface area contributed by atoms with Gasteiger partial charge in [0.05, 0.1) is 0 Å². The van der Waals surface area contributed by atoms with Crippen LogP contribution in [-0.2, 0) is 4.79 Å². The van der Waals surface area contributed by atoms with E-state index in [-0.39, 0.29) is 0 Å². The van der Waals surface area contributed by atoms with E-state index in [0.717, 1.165) is 5.92 Å². The fourth-order valence-electron chi connectivity index (χ4n) is 4.75. The molecule has 4 unspecified atom stereocenters. The van der Waals surface area contributed by atoms with Crippen LogP contribution in [-0.4, -0.2) is 5.94 Å². The summed E-state index contributed by atoms with van der Waals surface area (Å²) in [5.74, 6) is 3.51. The zero-order valence-corrected chi connectivity index (χ0v) is 9.59. The summed E-state index contributed by atoms with van der Waals surface area (Å²) >= 11 is 0. The van der Waals surface area contributed by atoms with Crippen LogP contribution in [0.5, 0.6) is 0 Å². The highest BCUT2D eigenvalue weighted by Crippen LogP contribution is 2.67. The van der Waals surface area contributed by atoms with Gasteiger partial charge >= 0.3 is 0 Å². The van der Waals surface area contributed by atoms with Gasteiger partial charge < -0.3 is 0 Å². The first-order valence-corrected chi connectivity index (χ1v) is 6.40. The Kier molecular flexibility index (Phi) is 1.92. The van der Waals surface area contributed by atoms with Gasteiger partial charge in [-0.15, -0.1) is 0 Å². The van der Waals surface area contributed by atoms with Crippen molar-refractivity contribution in [3.05, 3.63) is 6.08 Å². The molecule has 3 bridgehead atoms. The van der Waals surface area contributed by atoms with E-state index in [2.05, 4.69) is 12.9 Å². The average Bonchev–Trinajstić information content (AvgIpc) is 2.31. The van der Waals surface area contributed by atoms with E-state index in [1.54, 1.807) is 0 Å². The largest absolute Gasteiger partial charge is 0.234 e. The van der Waals surface area contributed by atoms with Crippen LogP contribution in [0.15, 0.2) is 6.08 Å². The second-order valence-corrected chi connectivity index (χ2v) is 6.40. The Bertz CT molecular complexity index is 328. The highest BCUT2D eigenvalue weighted by atomic mass is 16.1. The van der Waals surface area contributed by atoms with Crippen LogP contribution in [0.1, 0.15) is 51.9 Å². The van der Waals surface area contributed by atoms with Gasteiger partial charge in [-0.3, -0.25) is 0 Å². The van der Waals surface area contributed by atoms with E-state index in [0.29, 0.717) is 16.7 Å². The molecular formula is C14H20O. The van der Waals surface area contributed by atoms with Gasteiger partial charge in [0.25, 0.3) is 0 Å². The van der Waals surface area contributed by atoms with E-state index >= 15 is 0 Å². The third-order valence-electron chi connectivity index (χ3n) is 5.85. The van der Waals surface area contributed by atoms with Crippen molar-refractivity contribution >= 4 is 5.94 Å². The molecule has 15 heavy (non-hydrogen) atoms. The number of fused-ring (bicyclic) bond motifs is 3. The van der Waals surface area contributed by atoms with Gasteiger partial charge in [0.1, 0.15) is 5.94 Å². The lowest BCUT2D eigenvalue weighted by Gasteiger charge is -2.40. The van der Waals surface area contributed by atoms with Crippen molar-refractivity contribution < 1.29 is 4.79 Å². The molecule has 1 spiro atoms. The van der Waals surface area contributed by atoms with Crippen molar-refractivity contribution in [2.24, 2.45) is 22.7 Å². The van der Waals surface area contributed by atoms with Crippen LogP contribution in [0.3, 0.4) is 0 Å². The molecule has 82 valence electrons. The van der Waals surface area contributed by atoms with Crippen molar-refractivity contribution in [2.75, 3.05) is 0 Å². The molecular weight excluding hydrogens is 184 g/mol. The molecule has 0 aromatic rings. The smallest absolute Gasteiger partial charge is 0.120 e. The standard InChI is InChI=1S/C14H20O/c1-13-4-2-5-14(7-6-13)10-12(13)9-11(14)3-8-15/h3,11-12H,2,4-7,9-10H2,1H3. The summed E-state index contributed by atoms with van der Waals surface area (Å²) in [4.78, 5) is 10.6. The first-order valence-electron chi connectivity index (χ1n) is 6.40. The summed E-state index contributed by atoms with van der Waals surface area (Å²) < 4.78 is 0. The molecule has 4 rings (SSSR count). The first-order chi connectivity index (χ1) is 7.19. The molecule has 4 aliphatic rings. The van der Waals surface area contributed by atoms with Gasteiger partial charge in [-0.05, 0) is 61.2 Å². The molecule has 4 fully saturated rings. The topological polar surface area (TPSA) is 17.1 Å². The van der Waals surface area contributed by atoms with Crippen LogP contribution in [0.4, 0.5) is 0 Å². The van der Waals surface area contributed by atoms with Gasteiger partial charge in [-0.1, -0.05) is 13.3 Å². The first kappa shape index (κ1) is 9.66. The third kappa shape index (κ3) is 1.19. The van der Waals surface area contributed by atoms with Crippen LogP contribution in [0.25, 0.3) is 0 Å². The molecule has 1 heteroatoms. The molecule has 0 aromatic carbocycles. The number of carbonyl (C=O) groups excluding carboxylic acids is 1. The van der Waals surface area contributed by atoms with Gasteiger partial charge in [0.2, 0.25) is 0 Å². The second kappa shape index (κ2) is 2.98. The third-order valence-corrected chi connectivity index (χ3v) is 5.85. The van der Waals surface area contributed by atoms with Crippen LogP contribution in [0, 0.1) is 22.7 Å². The Morgan fingerprint density at radius 2 is 2.13 bits per heavy atom. The fourth-order valence-corrected chi connectivity index (χ4v) is 4.75. The molecule has 0 aromatic heterocycles. The molecule has 0 heterocycles. The molecule has 4 saturated carbocycles. The Labute approximate surface area is 91.9 Å². The minimum atomic E-state index is 0.512. The summed E-state index contributed by atoms with van der Waals surface area (Å²) in [5, 5.41) is 0. The molecule has 1 nitrogen and oxygen atoms in total. The van der Waals surface area contributed by atoms with Crippen molar-refractivity contribution in [3.8, 4) is 0 Å². The maximum Gasteiger partial charge on any atom is 0.120 e. The number of rotatable bonds is 1. The van der Waals surface area contributed by atoms with Crippen molar-refractivity contribution in [2.45, 2.75) is 51.9 Å². The van der Waals surface area contributed by atoms with Gasteiger partial charge in [-0.2, -0.15) is 0 Å². The number of allylic oxidation sites excluding steroid dienone is 1. The van der Waals surface area contributed by atoms with Crippen molar-refractivity contribution in [3.63, 3.8) is 0 Å². The predicted octanol–water partition coefficient (Wildman–Crippen LogP) is 3.37. The maximum absolute atomic E-state index is 10.6. The molecule has 0 aliphatic heterocycles. The molecule has 4 atom stereocenters. The quantitative estimate of drug-likeness (QED) is 0.598. The monoisotopic (exact) mass is 204 g/mol. The zero-order valence-electron chi connectivity index (χ0n) is 9.59. The summed E-state index contributed by atoms with van der Waals surface area (Å²) in [6.45, 7) is 2.49. The molecule has 0 saturated heterocycles. The Hall–Kier alpha value is -0.550. The summed E-state index contributed by atoms with van der Waals surface area (Å²) in [6.07, 6.45) is 11.5. The molecule has 0 radical (unpaired) electrons. The van der Waals surface area contributed by atoms with Crippen LogP contribution in [0.2, 0.25) is 0 Å². The maximum atomic E-state index is 10.6. The minimum Gasteiger partial charge on any atom is -0.234 e. The van der Waals surface area contributed by atoms with Crippen molar-refractivity contribution in [1.29, 1.82) is 0 Å². The van der Waals surface area contributed by atoms with Crippen LogP contribution < -0.4 is 0 Å². The SMILES string of the molecule is CC12CCCC3(CC1)CC2CC3C=C=O. The fraction of sp³-hybridized carbons (Fsp3) is 0.857. The van der Waals surface area contributed by atoms with Gasteiger partial charge in [0, 0.05) is 6.08 Å². The molecule has 4 aliphatic carbocycles. The van der Waals surface area contributed by atoms with Gasteiger partial charge in [0.15, 0.2) is 0 Å². The van der Waals surface area contributed by atoms with Crippen molar-refractivity contribution in [1.82, 2.24) is 0 Å². The van der Waals surface area contributed by atoms with E-state index in [9.17, 15) is 4.79 Å². The summed E-state index contributed by atoms with van der Waals surface area (Å²) in [6, 6.07) is 0. The lowest BCUT2D eigenvalue weighted by molar-refractivity contribution is 0.0986. The van der Waals surface area contributed by atoms with E-state index in [4.69, 9.17) is 0 Å². The molecule has 0 N–H and O–H groups in total. The summed E-state index contributed by atoms with van der Waals surface area (Å²) in [5.41, 5.74) is 1.11. The zero-order chi connectivity index (χ0) is 10.5. The van der Waals surface area contributed by atoms with E-state index in [1.165, 1.54) is 44.9 Å². The Morgan fingerprint density at radius 3 is 2.93 bits per heavy atom. The van der Waals surface area contributed by atoms with E-state index < -0.39 is 0 Å². The highest BCUT2D eigenvalue weighted by molar-refractivity contribution is 5.46. The molecule has 0 amide bonds. The lowest BCUT2D eigenvalue weighted by atomic mass is 9.64. The Morgan fingerprint density at radius 1 is 1.27 bits per heavy atom. The average molecular weight is 204 g/mol. The number of hydrogen-bond acceptors (Lipinski definition) is 1. The van der Waals surface area contributed by atoms with E-state index in [1.807, 2.05) is 6.08 Å². The summed E-state index contributed by atoms with van der Waals surface area (Å²) in [7, 11) is 0. The Balaban J connectivity index is 2.01.